The summed E-state index contributed by atoms with van der Waals surface area (Å²) in [5.41, 5.74) is -0.0440. The molecule has 1 aromatic rings. The molecule has 0 spiro atoms. The third-order valence-corrected chi connectivity index (χ3v) is 4.05. The average molecular weight is 259 g/mol. The van der Waals surface area contributed by atoms with Crippen LogP contribution in [0.4, 0.5) is 5.82 Å². The Bertz CT molecular complexity index is 496. The van der Waals surface area contributed by atoms with Crippen molar-refractivity contribution in [3.8, 4) is 6.07 Å². The van der Waals surface area contributed by atoms with Crippen LogP contribution in [-0.2, 0) is 4.79 Å². The van der Waals surface area contributed by atoms with Gasteiger partial charge in [-0.3, -0.25) is 4.79 Å². The van der Waals surface area contributed by atoms with Crippen LogP contribution in [0.2, 0.25) is 0 Å². The number of aromatic nitrogens is 1. The topological polar surface area (TPSA) is 77.2 Å². The fourth-order valence-corrected chi connectivity index (χ4v) is 2.52. The number of anilines is 1. The Morgan fingerprint density at radius 3 is 2.63 bits per heavy atom. The highest BCUT2D eigenvalue weighted by atomic mass is 16.4. The fraction of sp³-hybridized carbons (Fsp3) is 0.500. The van der Waals surface area contributed by atoms with Crippen LogP contribution >= 0.6 is 0 Å². The van der Waals surface area contributed by atoms with Crippen LogP contribution in [0.25, 0.3) is 0 Å². The first-order chi connectivity index (χ1) is 9.11. The fourth-order valence-electron chi connectivity index (χ4n) is 2.52. The van der Waals surface area contributed by atoms with Gasteiger partial charge < -0.3 is 10.0 Å². The number of carbonyl (C=O) groups is 1. The standard InChI is InChI=1S/C14H17N3O2/c1-2-14(13(18)19)5-7-17(8-6-14)12-4-3-11(9-15)10-16-12/h3-4,10H,2,5-8H2,1H3,(H,18,19). The number of nitrogens with zero attached hydrogens (tertiary/aromatic N) is 3. The summed E-state index contributed by atoms with van der Waals surface area (Å²) in [6, 6.07) is 5.59. The molecule has 0 atom stereocenters. The van der Waals surface area contributed by atoms with E-state index in [1.807, 2.05) is 19.1 Å². The van der Waals surface area contributed by atoms with E-state index < -0.39 is 11.4 Å². The molecule has 0 saturated carbocycles. The second-order valence-electron chi connectivity index (χ2n) is 4.94. The van der Waals surface area contributed by atoms with Crippen LogP contribution in [0.15, 0.2) is 18.3 Å². The van der Waals surface area contributed by atoms with Crippen molar-refractivity contribution < 1.29 is 9.90 Å². The van der Waals surface area contributed by atoms with E-state index >= 15 is 0 Å². The molecule has 5 nitrogen and oxygen atoms in total. The highest BCUT2D eigenvalue weighted by Crippen LogP contribution is 2.36. The largest absolute Gasteiger partial charge is 0.481 e. The van der Waals surface area contributed by atoms with Gasteiger partial charge in [0.15, 0.2) is 0 Å². The van der Waals surface area contributed by atoms with Crippen LogP contribution < -0.4 is 4.90 Å². The summed E-state index contributed by atoms with van der Waals surface area (Å²) in [4.78, 5) is 17.7. The van der Waals surface area contributed by atoms with E-state index in [1.54, 1.807) is 12.3 Å². The molecular formula is C14H17N3O2. The van der Waals surface area contributed by atoms with Gasteiger partial charge in [0.25, 0.3) is 0 Å². The maximum Gasteiger partial charge on any atom is 0.309 e. The molecule has 0 unspecified atom stereocenters. The quantitative estimate of drug-likeness (QED) is 0.898. The lowest BCUT2D eigenvalue weighted by molar-refractivity contribution is -0.150. The van der Waals surface area contributed by atoms with E-state index in [0.29, 0.717) is 37.9 Å². The van der Waals surface area contributed by atoms with Crippen molar-refractivity contribution >= 4 is 11.8 Å². The molecule has 0 radical (unpaired) electrons. The number of pyridine rings is 1. The molecule has 19 heavy (non-hydrogen) atoms. The lowest BCUT2D eigenvalue weighted by Gasteiger charge is -2.38. The first-order valence-corrected chi connectivity index (χ1v) is 6.46. The number of hydrogen-bond acceptors (Lipinski definition) is 4. The molecule has 5 heteroatoms. The van der Waals surface area contributed by atoms with Crippen molar-refractivity contribution in [1.29, 1.82) is 5.26 Å². The third kappa shape index (κ3) is 2.53. The SMILES string of the molecule is CCC1(C(=O)O)CCN(c2ccc(C#N)cn2)CC1. The number of aliphatic carboxylic acids is 1. The van der Waals surface area contributed by atoms with Gasteiger partial charge in [-0.25, -0.2) is 4.98 Å². The maximum absolute atomic E-state index is 11.4. The molecule has 100 valence electrons. The summed E-state index contributed by atoms with van der Waals surface area (Å²) >= 11 is 0. The van der Waals surface area contributed by atoms with E-state index in [4.69, 9.17) is 5.26 Å². The smallest absolute Gasteiger partial charge is 0.309 e. The summed E-state index contributed by atoms with van der Waals surface area (Å²) in [6.45, 7) is 3.32. The monoisotopic (exact) mass is 259 g/mol. The number of rotatable bonds is 3. The minimum atomic E-state index is -0.692. The van der Waals surface area contributed by atoms with Crippen molar-refractivity contribution in [2.45, 2.75) is 26.2 Å². The summed E-state index contributed by atoms with van der Waals surface area (Å²) in [5.74, 6) is 0.122. The Morgan fingerprint density at radius 2 is 2.21 bits per heavy atom. The molecule has 0 amide bonds. The molecule has 2 heterocycles. The van der Waals surface area contributed by atoms with Crippen molar-refractivity contribution in [1.82, 2.24) is 4.98 Å². The van der Waals surface area contributed by atoms with E-state index in [-0.39, 0.29) is 0 Å². The zero-order chi connectivity index (χ0) is 13.9. The van der Waals surface area contributed by atoms with Gasteiger partial charge in [-0.1, -0.05) is 6.92 Å². The Hall–Kier alpha value is -2.09. The minimum absolute atomic E-state index is 0.536. The highest BCUT2D eigenvalue weighted by molar-refractivity contribution is 5.75. The summed E-state index contributed by atoms with van der Waals surface area (Å²) in [7, 11) is 0. The second kappa shape index (κ2) is 5.27. The van der Waals surface area contributed by atoms with Gasteiger partial charge in [-0.05, 0) is 31.4 Å². The van der Waals surface area contributed by atoms with Gasteiger partial charge in [0.2, 0.25) is 0 Å². The van der Waals surface area contributed by atoms with Gasteiger partial charge in [0.1, 0.15) is 11.9 Å². The van der Waals surface area contributed by atoms with Crippen LogP contribution in [0.1, 0.15) is 31.7 Å². The molecule has 0 aromatic carbocycles. The number of piperidine rings is 1. The lowest BCUT2D eigenvalue weighted by atomic mass is 9.76. The van der Waals surface area contributed by atoms with E-state index in [1.165, 1.54) is 0 Å². The van der Waals surface area contributed by atoms with Crippen LogP contribution in [0.5, 0.6) is 0 Å². The predicted octanol–water partition coefficient (Wildman–Crippen LogP) is 2.03. The normalized spacial score (nSPS) is 17.8. The van der Waals surface area contributed by atoms with Crippen LogP contribution in [0, 0.1) is 16.7 Å². The summed E-state index contributed by atoms with van der Waals surface area (Å²) < 4.78 is 0. The van der Waals surface area contributed by atoms with Crippen molar-refractivity contribution in [3.63, 3.8) is 0 Å². The minimum Gasteiger partial charge on any atom is -0.481 e. The molecule has 0 bridgehead atoms. The van der Waals surface area contributed by atoms with Crippen LogP contribution in [-0.4, -0.2) is 29.1 Å². The summed E-state index contributed by atoms with van der Waals surface area (Å²) in [5, 5.41) is 18.1. The Kier molecular flexibility index (Phi) is 3.70. The van der Waals surface area contributed by atoms with Crippen molar-refractivity contribution in [2.24, 2.45) is 5.41 Å². The number of nitriles is 1. The Balaban J connectivity index is 2.07. The van der Waals surface area contributed by atoms with Gasteiger partial charge in [0.05, 0.1) is 11.0 Å². The predicted molar refractivity (Wildman–Crippen MR) is 70.8 cm³/mol. The zero-order valence-corrected chi connectivity index (χ0v) is 11.0. The first kappa shape index (κ1) is 13.3. The third-order valence-electron chi connectivity index (χ3n) is 4.05. The highest BCUT2D eigenvalue weighted by Gasteiger charge is 2.39. The molecule has 1 aliphatic heterocycles. The molecule has 0 aliphatic carbocycles. The number of hydrogen-bond donors (Lipinski definition) is 1. The Morgan fingerprint density at radius 1 is 1.53 bits per heavy atom. The molecule has 1 fully saturated rings. The molecule has 1 N–H and O–H groups in total. The average Bonchev–Trinajstić information content (AvgIpc) is 2.47. The van der Waals surface area contributed by atoms with Gasteiger partial charge in [-0.2, -0.15) is 5.26 Å². The number of carboxylic acid groups (broad SMARTS) is 1. The molecular weight excluding hydrogens is 242 g/mol. The molecule has 2 rings (SSSR count). The second-order valence-corrected chi connectivity index (χ2v) is 4.94. The lowest BCUT2D eigenvalue weighted by Crippen LogP contribution is -2.44. The molecule has 1 aliphatic rings. The maximum atomic E-state index is 11.4. The van der Waals surface area contributed by atoms with Crippen LogP contribution in [0.3, 0.4) is 0 Å². The number of carboxylic acids is 1. The summed E-state index contributed by atoms with van der Waals surface area (Å²) in [6.07, 6.45) is 3.49. The van der Waals surface area contributed by atoms with Gasteiger partial charge in [-0.15, -0.1) is 0 Å². The zero-order valence-electron chi connectivity index (χ0n) is 11.0. The Labute approximate surface area is 112 Å². The first-order valence-electron chi connectivity index (χ1n) is 6.46. The van der Waals surface area contributed by atoms with E-state index in [0.717, 1.165) is 5.82 Å². The van der Waals surface area contributed by atoms with E-state index in [9.17, 15) is 9.90 Å². The van der Waals surface area contributed by atoms with E-state index in [2.05, 4.69) is 9.88 Å². The van der Waals surface area contributed by atoms with Gasteiger partial charge >= 0.3 is 5.97 Å². The molecule has 1 saturated heterocycles. The van der Waals surface area contributed by atoms with Crippen molar-refractivity contribution in [3.05, 3.63) is 23.9 Å². The molecule has 1 aromatic heterocycles. The van der Waals surface area contributed by atoms with Gasteiger partial charge in [0, 0.05) is 19.3 Å². The van der Waals surface area contributed by atoms with Crippen molar-refractivity contribution in [2.75, 3.05) is 18.0 Å².